The van der Waals surface area contributed by atoms with Crippen molar-refractivity contribution < 1.29 is 14.5 Å². The molecule has 0 unspecified atom stereocenters. The molecule has 9 heteroatoms. The van der Waals surface area contributed by atoms with E-state index in [4.69, 9.17) is 4.74 Å². The van der Waals surface area contributed by atoms with Crippen molar-refractivity contribution in [3.05, 3.63) is 111 Å². The van der Waals surface area contributed by atoms with Crippen molar-refractivity contribution in [2.75, 3.05) is 5.75 Å². The summed E-state index contributed by atoms with van der Waals surface area (Å²) in [5.74, 6) is 1.39. The molecule has 0 saturated carbocycles. The summed E-state index contributed by atoms with van der Waals surface area (Å²) in [5.41, 5.74) is 3.78. The highest BCUT2D eigenvalue weighted by Gasteiger charge is 2.17. The normalized spacial score (nSPS) is 10.8. The number of non-ortho nitro benzene ring substituents is 1. The second-order valence-electron chi connectivity index (χ2n) is 8.02. The van der Waals surface area contributed by atoms with Gasteiger partial charge in [-0.1, -0.05) is 48.2 Å². The second kappa shape index (κ2) is 11.0. The number of hydrogen-bond donors (Lipinski definition) is 0. The van der Waals surface area contributed by atoms with Gasteiger partial charge in [0.25, 0.3) is 5.69 Å². The van der Waals surface area contributed by atoms with Gasteiger partial charge in [0.1, 0.15) is 12.4 Å². The van der Waals surface area contributed by atoms with E-state index in [0.29, 0.717) is 23.1 Å². The summed E-state index contributed by atoms with van der Waals surface area (Å²) in [6.45, 7) is 4.86. The van der Waals surface area contributed by atoms with E-state index in [1.807, 2.05) is 60.0 Å². The van der Waals surface area contributed by atoms with Gasteiger partial charge < -0.3 is 4.74 Å². The van der Waals surface area contributed by atoms with Gasteiger partial charge in [0, 0.05) is 17.7 Å². The predicted octanol–water partition coefficient (Wildman–Crippen LogP) is 5.41. The number of ketones is 1. The minimum absolute atomic E-state index is 0.0507. The van der Waals surface area contributed by atoms with Gasteiger partial charge in [-0.15, -0.1) is 10.2 Å². The number of carbonyl (C=O) groups excluding carboxylic acids is 1. The molecule has 8 nitrogen and oxygen atoms in total. The van der Waals surface area contributed by atoms with Gasteiger partial charge in [0.15, 0.2) is 16.8 Å². The van der Waals surface area contributed by atoms with Gasteiger partial charge in [-0.05, 0) is 54.8 Å². The summed E-state index contributed by atoms with van der Waals surface area (Å²) in [7, 11) is 0. The Kier molecular flexibility index (Phi) is 7.57. The van der Waals surface area contributed by atoms with Crippen LogP contribution < -0.4 is 4.74 Å². The third kappa shape index (κ3) is 6.13. The fourth-order valence-corrected chi connectivity index (χ4v) is 4.24. The molecule has 0 spiro atoms. The summed E-state index contributed by atoms with van der Waals surface area (Å²) in [4.78, 5) is 23.0. The SMILES string of the molecule is Cc1ccc(OCc2nnc(SCC(=O)c3ccc([N+](=O)[O-])cc3)n2Cc2ccccc2)cc1C. The van der Waals surface area contributed by atoms with E-state index in [1.54, 1.807) is 0 Å². The van der Waals surface area contributed by atoms with Crippen molar-refractivity contribution in [3.63, 3.8) is 0 Å². The molecule has 0 aliphatic heterocycles. The Morgan fingerprint density at radius 1 is 1.00 bits per heavy atom. The van der Waals surface area contributed by atoms with Gasteiger partial charge in [-0.3, -0.25) is 19.5 Å². The van der Waals surface area contributed by atoms with E-state index < -0.39 is 4.92 Å². The molecular formula is C26H24N4O4S. The van der Waals surface area contributed by atoms with E-state index in [0.717, 1.165) is 16.9 Å². The topological polar surface area (TPSA) is 100 Å². The number of nitro benzene ring substituents is 1. The maximum absolute atomic E-state index is 12.7. The number of aryl methyl sites for hydroxylation is 2. The van der Waals surface area contributed by atoms with Crippen molar-refractivity contribution >= 4 is 23.2 Å². The maximum atomic E-state index is 12.7. The molecule has 1 heterocycles. The summed E-state index contributed by atoms with van der Waals surface area (Å²) >= 11 is 1.28. The van der Waals surface area contributed by atoms with Gasteiger partial charge in [0.05, 0.1) is 17.2 Å². The number of nitro groups is 1. The molecule has 0 amide bonds. The lowest BCUT2D eigenvalue weighted by molar-refractivity contribution is -0.384. The Labute approximate surface area is 207 Å². The van der Waals surface area contributed by atoms with Crippen molar-refractivity contribution in [1.82, 2.24) is 14.8 Å². The molecule has 178 valence electrons. The zero-order valence-corrected chi connectivity index (χ0v) is 20.2. The molecule has 4 aromatic rings. The number of Topliss-reactive ketones (excluding diaryl/α,β-unsaturated/α-hetero) is 1. The van der Waals surface area contributed by atoms with Crippen molar-refractivity contribution in [1.29, 1.82) is 0 Å². The Bertz CT molecular complexity index is 1340. The van der Waals surface area contributed by atoms with E-state index >= 15 is 0 Å². The van der Waals surface area contributed by atoms with Crippen LogP contribution in [0.25, 0.3) is 0 Å². The average Bonchev–Trinajstić information content (AvgIpc) is 3.25. The first-order valence-electron chi connectivity index (χ1n) is 11.0. The number of nitrogens with zero attached hydrogens (tertiary/aromatic N) is 4. The summed E-state index contributed by atoms with van der Waals surface area (Å²) < 4.78 is 7.94. The number of rotatable bonds is 10. The lowest BCUT2D eigenvalue weighted by Crippen LogP contribution is -2.10. The third-order valence-electron chi connectivity index (χ3n) is 5.56. The van der Waals surface area contributed by atoms with Crippen LogP contribution in [-0.4, -0.2) is 31.2 Å². The first-order chi connectivity index (χ1) is 16.9. The Morgan fingerprint density at radius 2 is 1.74 bits per heavy atom. The van der Waals surface area contributed by atoms with Crippen LogP contribution in [0.3, 0.4) is 0 Å². The number of carbonyl (C=O) groups is 1. The molecule has 0 saturated heterocycles. The summed E-state index contributed by atoms with van der Waals surface area (Å²) in [6.07, 6.45) is 0. The van der Waals surface area contributed by atoms with Crippen molar-refractivity contribution in [2.24, 2.45) is 0 Å². The van der Waals surface area contributed by atoms with E-state index in [-0.39, 0.29) is 23.8 Å². The monoisotopic (exact) mass is 488 g/mol. The van der Waals surface area contributed by atoms with Crippen LogP contribution in [0.2, 0.25) is 0 Å². The number of benzene rings is 3. The minimum atomic E-state index is -0.490. The molecule has 0 aliphatic carbocycles. The standard InChI is InChI=1S/C26H24N4O4S/c1-18-8-13-23(14-19(18)2)34-16-25-27-28-26(29(25)15-20-6-4-3-5-7-20)35-17-24(31)21-9-11-22(12-10-21)30(32)33/h3-14H,15-17H2,1-2H3. The van der Waals surface area contributed by atoms with Crippen LogP contribution in [0.15, 0.2) is 78.0 Å². The number of hydrogen-bond acceptors (Lipinski definition) is 7. The third-order valence-corrected chi connectivity index (χ3v) is 6.52. The maximum Gasteiger partial charge on any atom is 0.269 e. The van der Waals surface area contributed by atoms with Crippen LogP contribution in [0.1, 0.15) is 32.9 Å². The summed E-state index contributed by atoms with van der Waals surface area (Å²) in [5, 5.41) is 20.1. The molecular weight excluding hydrogens is 464 g/mol. The zero-order valence-electron chi connectivity index (χ0n) is 19.4. The van der Waals surface area contributed by atoms with Crippen LogP contribution in [0, 0.1) is 24.0 Å². The highest BCUT2D eigenvalue weighted by Crippen LogP contribution is 2.23. The molecule has 1 aromatic heterocycles. The average molecular weight is 489 g/mol. The predicted molar refractivity (Wildman–Crippen MR) is 134 cm³/mol. The molecule has 0 aliphatic rings. The zero-order chi connectivity index (χ0) is 24.8. The number of thioether (sulfide) groups is 1. The smallest absolute Gasteiger partial charge is 0.269 e. The van der Waals surface area contributed by atoms with Gasteiger partial charge in [-0.25, -0.2) is 0 Å². The van der Waals surface area contributed by atoms with Gasteiger partial charge >= 0.3 is 0 Å². The van der Waals surface area contributed by atoms with Crippen LogP contribution in [-0.2, 0) is 13.2 Å². The number of ether oxygens (including phenoxy) is 1. The molecule has 0 bridgehead atoms. The van der Waals surface area contributed by atoms with Crippen molar-refractivity contribution in [3.8, 4) is 5.75 Å². The molecule has 0 N–H and O–H groups in total. The first-order valence-corrected chi connectivity index (χ1v) is 12.0. The molecule has 0 fully saturated rings. The largest absolute Gasteiger partial charge is 0.486 e. The first kappa shape index (κ1) is 24.2. The Morgan fingerprint density at radius 3 is 2.43 bits per heavy atom. The lowest BCUT2D eigenvalue weighted by atomic mass is 10.1. The molecule has 0 atom stereocenters. The fourth-order valence-electron chi connectivity index (χ4n) is 3.39. The molecule has 35 heavy (non-hydrogen) atoms. The Balaban J connectivity index is 1.50. The van der Waals surface area contributed by atoms with E-state index in [9.17, 15) is 14.9 Å². The summed E-state index contributed by atoms with van der Waals surface area (Å²) in [6, 6.07) is 21.5. The quantitative estimate of drug-likeness (QED) is 0.127. The highest BCUT2D eigenvalue weighted by atomic mass is 32.2. The van der Waals surface area contributed by atoms with Gasteiger partial charge in [0.2, 0.25) is 0 Å². The lowest BCUT2D eigenvalue weighted by Gasteiger charge is -2.12. The van der Waals surface area contributed by atoms with Gasteiger partial charge in [-0.2, -0.15) is 0 Å². The molecule has 4 rings (SSSR count). The highest BCUT2D eigenvalue weighted by molar-refractivity contribution is 7.99. The van der Waals surface area contributed by atoms with E-state index in [2.05, 4.69) is 17.1 Å². The van der Waals surface area contributed by atoms with E-state index in [1.165, 1.54) is 41.6 Å². The Hall–Kier alpha value is -3.98. The van der Waals surface area contributed by atoms with Crippen LogP contribution >= 0.6 is 11.8 Å². The van der Waals surface area contributed by atoms with Crippen LogP contribution in [0.4, 0.5) is 5.69 Å². The molecule has 3 aromatic carbocycles. The second-order valence-corrected chi connectivity index (χ2v) is 8.96. The van der Waals surface area contributed by atoms with Crippen molar-refractivity contribution in [2.45, 2.75) is 32.2 Å². The minimum Gasteiger partial charge on any atom is -0.486 e. The van der Waals surface area contributed by atoms with Crippen LogP contribution in [0.5, 0.6) is 5.75 Å². The molecule has 0 radical (unpaired) electrons. The fraction of sp³-hybridized carbons (Fsp3) is 0.192. The number of aromatic nitrogens is 3.